The average molecular weight is 376 g/mol. The van der Waals surface area contributed by atoms with Gasteiger partial charge < -0.3 is 9.47 Å². The summed E-state index contributed by atoms with van der Waals surface area (Å²) in [5.41, 5.74) is 1.64. The van der Waals surface area contributed by atoms with E-state index in [-0.39, 0.29) is 17.1 Å². The summed E-state index contributed by atoms with van der Waals surface area (Å²) < 4.78 is 38.3. The van der Waals surface area contributed by atoms with Gasteiger partial charge in [0.15, 0.2) is 11.5 Å². The first-order valence-electron chi connectivity index (χ1n) is 8.11. The van der Waals surface area contributed by atoms with Crippen molar-refractivity contribution in [2.24, 2.45) is 0 Å². The minimum atomic E-state index is -3.83. The molecule has 0 atom stereocenters. The van der Waals surface area contributed by atoms with Crippen molar-refractivity contribution in [3.63, 3.8) is 0 Å². The summed E-state index contributed by atoms with van der Waals surface area (Å²) in [5.74, 6) is 1.30. The summed E-state index contributed by atoms with van der Waals surface area (Å²) in [6.07, 6.45) is 0.542. The molecule has 4 rings (SSSR count). The number of sulfonamides is 1. The monoisotopic (exact) mass is 376 g/mol. The fourth-order valence-electron chi connectivity index (χ4n) is 3.18. The Morgan fingerprint density at radius 1 is 1.04 bits per heavy atom. The Morgan fingerprint density at radius 3 is 2.42 bits per heavy atom. The van der Waals surface area contributed by atoms with Gasteiger partial charge in [0.1, 0.15) is 13.2 Å². The van der Waals surface area contributed by atoms with Gasteiger partial charge in [-0.15, -0.1) is 0 Å². The molecule has 0 N–H and O–H groups in total. The Kier molecular flexibility index (Phi) is 4.04. The van der Waals surface area contributed by atoms with Crippen LogP contribution in [0.25, 0.3) is 0 Å². The van der Waals surface area contributed by atoms with E-state index in [2.05, 4.69) is 0 Å². The van der Waals surface area contributed by atoms with Crippen molar-refractivity contribution in [3.05, 3.63) is 57.6 Å². The van der Waals surface area contributed by atoms with E-state index in [4.69, 9.17) is 9.47 Å². The van der Waals surface area contributed by atoms with Gasteiger partial charge in [-0.1, -0.05) is 6.07 Å². The standard InChI is InChI=1S/C17H16N2O6S/c20-19(21)14-2-1-3-15(10-14)26(22,23)18-5-4-12-8-16-17(9-13(12)11-18)25-7-6-24-16/h1-3,8-10H,4-7,11H2. The average Bonchev–Trinajstić information content (AvgIpc) is 2.66. The molecule has 2 aromatic carbocycles. The summed E-state index contributed by atoms with van der Waals surface area (Å²) in [7, 11) is -3.83. The molecular formula is C17H16N2O6S. The second kappa shape index (κ2) is 6.26. The Balaban J connectivity index is 1.65. The smallest absolute Gasteiger partial charge is 0.270 e. The third kappa shape index (κ3) is 2.89. The van der Waals surface area contributed by atoms with E-state index in [1.807, 2.05) is 12.1 Å². The van der Waals surface area contributed by atoms with Crippen LogP contribution in [0.3, 0.4) is 0 Å². The summed E-state index contributed by atoms with van der Waals surface area (Å²) in [5, 5.41) is 10.9. The third-order valence-corrected chi connectivity index (χ3v) is 6.35. The Bertz CT molecular complexity index is 989. The van der Waals surface area contributed by atoms with Gasteiger partial charge in [0.25, 0.3) is 5.69 Å². The molecule has 26 heavy (non-hydrogen) atoms. The van der Waals surface area contributed by atoms with Crippen molar-refractivity contribution >= 4 is 15.7 Å². The van der Waals surface area contributed by atoms with Gasteiger partial charge in [-0.3, -0.25) is 10.1 Å². The highest BCUT2D eigenvalue weighted by atomic mass is 32.2. The van der Waals surface area contributed by atoms with Gasteiger partial charge in [0.05, 0.1) is 9.82 Å². The van der Waals surface area contributed by atoms with Crippen LogP contribution in [0.1, 0.15) is 11.1 Å². The Morgan fingerprint density at radius 2 is 1.73 bits per heavy atom. The van der Waals surface area contributed by atoms with Crippen LogP contribution in [0.15, 0.2) is 41.3 Å². The molecule has 0 saturated heterocycles. The highest BCUT2D eigenvalue weighted by Crippen LogP contribution is 2.36. The van der Waals surface area contributed by atoms with Gasteiger partial charge in [0, 0.05) is 25.2 Å². The third-order valence-electron chi connectivity index (χ3n) is 4.51. The zero-order valence-corrected chi connectivity index (χ0v) is 14.6. The van der Waals surface area contributed by atoms with Crippen LogP contribution in [0.2, 0.25) is 0 Å². The normalized spacial score (nSPS) is 16.8. The van der Waals surface area contributed by atoms with Crippen LogP contribution >= 0.6 is 0 Å². The molecular weight excluding hydrogens is 360 g/mol. The van der Waals surface area contributed by atoms with Crippen LogP contribution in [-0.4, -0.2) is 37.4 Å². The summed E-state index contributed by atoms with van der Waals surface area (Å²) in [4.78, 5) is 10.2. The molecule has 0 saturated carbocycles. The molecule has 0 bridgehead atoms. The van der Waals surface area contributed by atoms with Gasteiger partial charge in [-0.2, -0.15) is 4.31 Å². The molecule has 2 heterocycles. The topological polar surface area (TPSA) is 99.0 Å². The lowest BCUT2D eigenvalue weighted by Gasteiger charge is -2.30. The number of nitro groups is 1. The largest absolute Gasteiger partial charge is 0.486 e. The minimum absolute atomic E-state index is 0.0762. The van der Waals surface area contributed by atoms with Crippen LogP contribution in [0, 0.1) is 10.1 Å². The van der Waals surface area contributed by atoms with E-state index in [0.29, 0.717) is 37.7 Å². The molecule has 0 fully saturated rings. The summed E-state index contributed by atoms with van der Waals surface area (Å²) >= 11 is 0. The number of fused-ring (bicyclic) bond motifs is 2. The Hall–Kier alpha value is -2.65. The predicted molar refractivity (Wildman–Crippen MR) is 91.8 cm³/mol. The molecule has 0 unspecified atom stereocenters. The molecule has 2 aliphatic heterocycles. The number of nitro benzene ring substituents is 1. The predicted octanol–water partition coefficient (Wildman–Crippen LogP) is 2.11. The van der Waals surface area contributed by atoms with Crippen molar-refractivity contribution in [2.75, 3.05) is 19.8 Å². The first-order chi connectivity index (χ1) is 12.4. The zero-order chi connectivity index (χ0) is 18.3. The first-order valence-corrected chi connectivity index (χ1v) is 9.55. The molecule has 0 radical (unpaired) electrons. The maximum absolute atomic E-state index is 12.9. The molecule has 9 heteroatoms. The highest BCUT2D eigenvalue weighted by molar-refractivity contribution is 7.89. The molecule has 8 nitrogen and oxygen atoms in total. The lowest BCUT2D eigenvalue weighted by molar-refractivity contribution is -0.385. The molecule has 0 spiro atoms. The highest BCUT2D eigenvalue weighted by Gasteiger charge is 2.30. The maximum Gasteiger partial charge on any atom is 0.270 e. The van der Waals surface area contributed by atoms with Gasteiger partial charge in [-0.05, 0) is 35.7 Å². The number of ether oxygens (including phenoxy) is 2. The maximum atomic E-state index is 12.9. The number of nitrogens with zero attached hydrogens (tertiary/aromatic N) is 2. The fourth-order valence-corrected chi connectivity index (χ4v) is 4.64. The SMILES string of the molecule is O=[N+]([O-])c1cccc(S(=O)(=O)N2CCc3cc4c(cc3C2)OCCO4)c1. The second-order valence-corrected chi connectivity index (χ2v) is 8.05. The zero-order valence-electron chi connectivity index (χ0n) is 13.8. The van der Waals surface area contributed by atoms with E-state index in [1.165, 1.54) is 22.5 Å². The lowest BCUT2D eigenvalue weighted by Crippen LogP contribution is -2.36. The molecule has 0 amide bonds. The molecule has 0 aliphatic carbocycles. The number of non-ortho nitro benzene ring substituents is 1. The molecule has 136 valence electrons. The number of rotatable bonds is 3. The van der Waals surface area contributed by atoms with Crippen molar-refractivity contribution < 1.29 is 22.8 Å². The Labute approximate surface area is 150 Å². The number of benzene rings is 2. The van der Waals surface area contributed by atoms with Gasteiger partial charge in [0.2, 0.25) is 10.0 Å². The summed E-state index contributed by atoms with van der Waals surface area (Å²) in [6, 6.07) is 8.84. The van der Waals surface area contributed by atoms with Crippen LogP contribution in [-0.2, 0) is 23.0 Å². The van der Waals surface area contributed by atoms with E-state index in [9.17, 15) is 18.5 Å². The molecule has 2 aromatic rings. The summed E-state index contributed by atoms with van der Waals surface area (Å²) in [6.45, 7) is 1.45. The van der Waals surface area contributed by atoms with Crippen LogP contribution in [0.4, 0.5) is 5.69 Å². The van der Waals surface area contributed by atoms with E-state index >= 15 is 0 Å². The van der Waals surface area contributed by atoms with Crippen molar-refractivity contribution in [2.45, 2.75) is 17.9 Å². The van der Waals surface area contributed by atoms with Gasteiger partial charge >= 0.3 is 0 Å². The molecule has 0 aromatic heterocycles. The van der Waals surface area contributed by atoms with E-state index < -0.39 is 14.9 Å². The lowest BCUT2D eigenvalue weighted by atomic mass is 10.00. The van der Waals surface area contributed by atoms with Crippen molar-refractivity contribution in [1.29, 1.82) is 0 Å². The second-order valence-electron chi connectivity index (χ2n) is 6.11. The number of hydrogen-bond donors (Lipinski definition) is 0. The van der Waals surface area contributed by atoms with Crippen molar-refractivity contribution in [3.8, 4) is 11.5 Å². The minimum Gasteiger partial charge on any atom is -0.486 e. The molecule has 2 aliphatic rings. The van der Waals surface area contributed by atoms with Crippen molar-refractivity contribution in [1.82, 2.24) is 4.31 Å². The quantitative estimate of drug-likeness (QED) is 0.601. The number of hydrogen-bond acceptors (Lipinski definition) is 6. The van der Waals surface area contributed by atoms with Crippen LogP contribution < -0.4 is 9.47 Å². The van der Waals surface area contributed by atoms with E-state index in [1.54, 1.807) is 0 Å². The first kappa shape index (κ1) is 16.8. The van der Waals surface area contributed by atoms with Gasteiger partial charge in [-0.25, -0.2) is 8.42 Å². The van der Waals surface area contributed by atoms with E-state index in [0.717, 1.165) is 17.2 Å². The fraction of sp³-hybridized carbons (Fsp3) is 0.294. The van der Waals surface area contributed by atoms with Crippen LogP contribution in [0.5, 0.6) is 11.5 Å².